The zero-order chi connectivity index (χ0) is 14.4. The van der Waals surface area contributed by atoms with Crippen LogP contribution in [0.2, 0.25) is 0 Å². The normalized spacial score (nSPS) is 18.1. The Bertz CT molecular complexity index is 408. The van der Waals surface area contributed by atoms with Crippen LogP contribution in [0.15, 0.2) is 0 Å². The predicted octanol–water partition coefficient (Wildman–Crippen LogP) is 2.99. The minimum absolute atomic E-state index is 0.463. The van der Waals surface area contributed by atoms with Crippen molar-refractivity contribution in [2.45, 2.75) is 45.6 Å². The zero-order valence-electron chi connectivity index (χ0n) is 12.9. The Morgan fingerprint density at radius 2 is 2.30 bits per heavy atom. The molecule has 0 bridgehead atoms. The number of aromatic nitrogens is 1. The number of thiazole rings is 1. The average Bonchev–Trinajstić information content (AvgIpc) is 2.90. The number of hydrogen-bond donors (Lipinski definition) is 1. The van der Waals surface area contributed by atoms with Gasteiger partial charge in [0.05, 0.1) is 18.3 Å². The molecule has 4 nitrogen and oxygen atoms in total. The molecule has 1 aliphatic rings. The van der Waals surface area contributed by atoms with E-state index in [1.54, 1.807) is 7.11 Å². The molecule has 0 radical (unpaired) electrons. The Hall–Kier alpha value is -0.650. The smallest absolute Gasteiger partial charge is 0.185 e. The molecule has 2 rings (SSSR count). The first-order chi connectivity index (χ1) is 9.80. The first kappa shape index (κ1) is 15.7. The van der Waals surface area contributed by atoms with Gasteiger partial charge >= 0.3 is 0 Å². The topological polar surface area (TPSA) is 37.4 Å². The lowest BCUT2D eigenvalue weighted by atomic mass is 9.97. The van der Waals surface area contributed by atoms with Crippen LogP contribution in [0.3, 0.4) is 0 Å². The largest absolute Gasteiger partial charge is 0.383 e. The molecular formula is C15H27N3OS. The van der Waals surface area contributed by atoms with Crippen molar-refractivity contribution in [1.29, 1.82) is 0 Å². The summed E-state index contributed by atoms with van der Waals surface area (Å²) in [5.74, 6) is 0. The number of rotatable bonds is 8. The summed E-state index contributed by atoms with van der Waals surface area (Å²) < 4.78 is 5.19. The van der Waals surface area contributed by atoms with Gasteiger partial charge in [-0.25, -0.2) is 4.98 Å². The highest BCUT2D eigenvalue weighted by molar-refractivity contribution is 7.15. The monoisotopic (exact) mass is 297 g/mol. The van der Waals surface area contributed by atoms with Crippen molar-refractivity contribution in [3.63, 3.8) is 0 Å². The number of nitrogens with zero attached hydrogens (tertiary/aromatic N) is 2. The van der Waals surface area contributed by atoms with Gasteiger partial charge in [-0.3, -0.25) is 0 Å². The summed E-state index contributed by atoms with van der Waals surface area (Å²) in [7, 11) is 1.76. The van der Waals surface area contributed by atoms with Gasteiger partial charge < -0.3 is 15.0 Å². The molecule has 1 unspecified atom stereocenters. The van der Waals surface area contributed by atoms with Crippen LogP contribution < -0.4 is 10.2 Å². The van der Waals surface area contributed by atoms with Gasteiger partial charge in [0.1, 0.15) is 0 Å². The second-order valence-corrected chi connectivity index (χ2v) is 6.34. The fourth-order valence-corrected chi connectivity index (χ4v) is 3.90. The van der Waals surface area contributed by atoms with Crippen LogP contribution in [0.5, 0.6) is 0 Å². The number of ether oxygens (including phenoxy) is 1. The van der Waals surface area contributed by atoms with Crippen LogP contribution in [0.25, 0.3) is 0 Å². The molecule has 1 aromatic heterocycles. The Morgan fingerprint density at radius 3 is 3.00 bits per heavy atom. The zero-order valence-corrected chi connectivity index (χ0v) is 13.8. The first-order valence-corrected chi connectivity index (χ1v) is 8.58. The number of likely N-dealkylation sites (N-methyl/N-ethyl adjacent to an activating group) is 1. The van der Waals surface area contributed by atoms with Crippen molar-refractivity contribution in [2.24, 2.45) is 0 Å². The van der Waals surface area contributed by atoms with Crippen LogP contribution in [-0.2, 0) is 11.2 Å². The molecule has 1 atom stereocenters. The molecule has 1 aromatic rings. The van der Waals surface area contributed by atoms with Crippen LogP contribution >= 0.6 is 11.3 Å². The van der Waals surface area contributed by atoms with Crippen molar-refractivity contribution >= 4 is 16.5 Å². The number of methoxy groups -OCH3 is 1. The molecule has 0 fully saturated rings. The number of nitrogens with one attached hydrogen (secondary N) is 1. The van der Waals surface area contributed by atoms with Crippen LogP contribution in [-0.4, -0.2) is 38.3 Å². The van der Waals surface area contributed by atoms with Crippen molar-refractivity contribution in [1.82, 2.24) is 10.3 Å². The third kappa shape index (κ3) is 3.71. The number of fused-ring (bicyclic) bond motifs is 1. The van der Waals surface area contributed by atoms with E-state index >= 15 is 0 Å². The van der Waals surface area contributed by atoms with Crippen molar-refractivity contribution in [3.8, 4) is 0 Å². The second-order valence-electron chi connectivity index (χ2n) is 5.28. The van der Waals surface area contributed by atoms with Crippen LogP contribution in [0.4, 0.5) is 5.13 Å². The van der Waals surface area contributed by atoms with Gasteiger partial charge in [0, 0.05) is 25.1 Å². The van der Waals surface area contributed by atoms with Gasteiger partial charge in [0.2, 0.25) is 0 Å². The highest BCUT2D eigenvalue weighted by Gasteiger charge is 2.25. The first-order valence-electron chi connectivity index (χ1n) is 7.77. The fourth-order valence-electron chi connectivity index (χ4n) is 2.65. The molecular weight excluding hydrogens is 270 g/mol. The van der Waals surface area contributed by atoms with E-state index in [0.29, 0.717) is 6.04 Å². The third-order valence-electron chi connectivity index (χ3n) is 3.80. The molecule has 0 amide bonds. The lowest BCUT2D eigenvalue weighted by molar-refractivity contribution is 0.205. The van der Waals surface area contributed by atoms with Crippen molar-refractivity contribution < 1.29 is 4.74 Å². The molecule has 1 N–H and O–H groups in total. The maximum Gasteiger partial charge on any atom is 0.185 e. The molecule has 20 heavy (non-hydrogen) atoms. The molecule has 0 saturated heterocycles. The summed E-state index contributed by atoms with van der Waals surface area (Å²) >= 11 is 1.87. The minimum Gasteiger partial charge on any atom is -0.383 e. The molecule has 1 heterocycles. The summed E-state index contributed by atoms with van der Waals surface area (Å²) in [4.78, 5) is 8.74. The van der Waals surface area contributed by atoms with E-state index < -0.39 is 0 Å². The summed E-state index contributed by atoms with van der Waals surface area (Å²) in [6.07, 6.45) is 4.87. The summed E-state index contributed by atoms with van der Waals surface area (Å²) in [6, 6.07) is 0.463. The fraction of sp³-hybridized carbons (Fsp3) is 0.800. The highest BCUT2D eigenvalue weighted by atomic mass is 32.1. The Kier molecular flexibility index (Phi) is 6.26. The maximum atomic E-state index is 5.19. The van der Waals surface area contributed by atoms with E-state index in [-0.39, 0.29) is 0 Å². The minimum atomic E-state index is 0.463. The van der Waals surface area contributed by atoms with Crippen molar-refractivity contribution in [2.75, 3.05) is 38.3 Å². The molecule has 0 aromatic carbocycles. The van der Waals surface area contributed by atoms with E-state index in [0.717, 1.165) is 26.2 Å². The van der Waals surface area contributed by atoms with Crippen molar-refractivity contribution in [3.05, 3.63) is 10.6 Å². The molecule has 0 aliphatic heterocycles. The molecule has 0 spiro atoms. The van der Waals surface area contributed by atoms with E-state index in [2.05, 4.69) is 24.1 Å². The molecule has 114 valence electrons. The number of hydrogen-bond acceptors (Lipinski definition) is 5. The SMILES string of the molecule is CCCNC1CCCc2sc(N(CC)CCOC)nc21. The molecule has 1 aliphatic carbocycles. The Balaban J connectivity index is 2.11. The van der Waals surface area contributed by atoms with Gasteiger partial charge in [-0.1, -0.05) is 6.92 Å². The predicted molar refractivity (Wildman–Crippen MR) is 85.8 cm³/mol. The quantitative estimate of drug-likeness (QED) is 0.800. The summed E-state index contributed by atoms with van der Waals surface area (Å²) in [5.41, 5.74) is 1.31. The van der Waals surface area contributed by atoms with Gasteiger partial charge in [-0.05, 0) is 39.2 Å². The maximum absolute atomic E-state index is 5.19. The lowest BCUT2D eigenvalue weighted by Gasteiger charge is -2.22. The third-order valence-corrected chi connectivity index (χ3v) is 4.99. The summed E-state index contributed by atoms with van der Waals surface area (Å²) in [5, 5.41) is 4.81. The van der Waals surface area contributed by atoms with E-state index in [4.69, 9.17) is 9.72 Å². The molecule has 0 saturated carbocycles. The average molecular weight is 297 g/mol. The Morgan fingerprint density at radius 1 is 1.45 bits per heavy atom. The number of aryl methyl sites for hydroxylation is 1. The van der Waals surface area contributed by atoms with Crippen LogP contribution in [0, 0.1) is 0 Å². The Labute approximate surface area is 126 Å². The summed E-state index contributed by atoms with van der Waals surface area (Å²) in [6.45, 7) is 8.15. The standard InChI is InChI=1S/C15H27N3OS/c1-4-9-16-12-7-6-8-13-14(12)17-15(20-13)18(5-2)10-11-19-3/h12,16H,4-11H2,1-3H3. The van der Waals surface area contributed by atoms with E-state index in [9.17, 15) is 0 Å². The van der Waals surface area contributed by atoms with Gasteiger partial charge in [0.25, 0.3) is 0 Å². The van der Waals surface area contributed by atoms with Gasteiger partial charge in [-0.2, -0.15) is 0 Å². The second kappa shape index (κ2) is 7.96. The van der Waals surface area contributed by atoms with E-state index in [1.165, 1.54) is 41.4 Å². The van der Waals surface area contributed by atoms with Gasteiger partial charge in [0.15, 0.2) is 5.13 Å². The van der Waals surface area contributed by atoms with E-state index in [1.807, 2.05) is 11.3 Å². The van der Waals surface area contributed by atoms with Gasteiger partial charge in [-0.15, -0.1) is 11.3 Å². The number of anilines is 1. The lowest BCUT2D eigenvalue weighted by Crippen LogP contribution is -2.27. The van der Waals surface area contributed by atoms with Crippen LogP contribution in [0.1, 0.15) is 49.7 Å². The molecule has 5 heteroatoms. The highest BCUT2D eigenvalue weighted by Crippen LogP contribution is 2.36.